The molecule has 0 unspecified atom stereocenters. The van der Waals surface area contributed by atoms with E-state index in [2.05, 4.69) is 28.1 Å². The van der Waals surface area contributed by atoms with Crippen LogP contribution in [0.2, 0.25) is 0 Å². The van der Waals surface area contributed by atoms with E-state index < -0.39 is 16.1 Å². The minimum Gasteiger partial charge on any atom is -0.494 e. The molecule has 0 aliphatic heterocycles. The van der Waals surface area contributed by atoms with Crippen LogP contribution in [-0.2, 0) is 16.4 Å². The molecule has 0 radical (unpaired) electrons. The Morgan fingerprint density at radius 3 is 2.00 bits per heavy atom. The van der Waals surface area contributed by atoms with E-state index in [0.29, 0.717) is 13.2 Å². The molecule has 0 amide bonds. The van der Waals surface area contributed by atoms with Crippen LogP contribution < -0.4 is 14.8 Å². The molecule has 4 aromatic rings. The summed E-state index contributed by atoms with van der Waals surface area (Å²) in [6.07, 6.45) is 9.80. The number of hydrogen-bond donors (Lipinski definition) is 2. The van der Waals surface area contributed by atoms with Crippen LogP contribution in [0.4, 0.5) is 0 Å². The Morgan fingerprint density at radius 1 is 0.762 bits per heavy atom. The molecule has 0 spiro atoms. The van der Waals surface area contributed by atoms with Gasteiger partial charge in [0.25, 0.3) is 0 Å². The van der Waals surface area contributed by atoms with Crippen molar-refractivity contribution in [3.05, 3.63) is 131 Å². The van der Waals surface area contributed by atoms with Gasteiger partial charge in [-0.15, -0.1) is 12.3 Å². The quantitative estimate of drug-likeness (QED) is 0.109. The van der Waals surface area contributed by atoms with Crippen LogP contribution in [0, 0.1) is 19.3 Å². The molecule has 0 saturated carbocycles. The first-order valence-electron chi connectivity index (χ1n) is 14.5. The topological polar surface area (TPSA) is 67.4 Å². The first-order valence-corrected chi connectivity index (χ1v) is 16.0. The van der Waals surface area contributed by atoms with Crippen molar-refractivity contribution < 1.29 is 13.2 Å². The molecule has 218 valence electrons. The number of benzene rings is 4. The van der Waals surface area contributed by atoms with Crippen LogP contribution in [0.1, 0.15) is 60.0 Å². The fraction of sp³-hybridized carbons (Fsp3) is 0.278. The van der Waals surface area contributed by atoms with Crippen LogP contribution in [0.5, 0.6) is 5.75 Å². The van der Waals surface area contributed by atoms with Gasteiger partial charge in [-0.1, -0.05) is 90.5 Å². The van der Waals surface area contributed by atoms with Crippen molar-refractivity contribution in [1.82, 2.24) is 10.0 Å². The third-order valence-corrected chi connectivity index (χ3v) is 8.64. The van der Waals surface area contributed by atoms with Crippen molar-refractivity contribution in [2.75, 3.05) is 13.2 Å². The Bertz CT molecular complexity index is 1500. The van der Waals surface area contributed by atoms with Gasteiger partial charge in [0.2, 0.25) is 10.0 Å². The predicted molar refractivity (Wildman–Crippen MR) is 171 cm³/mol. The summed E-state index contributed by atoms with van der Waals surface area (Å²) in [7, 11) is -3.78. The number of terminal acetylenes is 1. The van der Waals surface area contributed by atoms with Crippen molar-refractivity contribution in [3.63, 3.8) is 0 Å². The molecule has 0 aromatic heterocycles. The number of unbranched alkanes of at least 4 members (excludes halogenated alkanes) is 2. The molecule has 0 saturated heterocycles. The molecule has 0 aliphatic rings. The highest BCUT2D eigenvalue weighted by atomic mass is 32.2. The standard InChI is InChI=1S/C36H40N2O3S/c1-3-4-5-12-28-41-33-23-21-30(22-24-33)14-13-27-37-35(31-15-8-6-9-16-31)36(32-17-10-7-11-18-32)38-42(39,40)34-25-19-29(2)20-26-34/h1,6-11,15-26,35-38H,4-5,12-14,27-28H2,2H3/t35-,36-/m1/s1. The fourth-order valence-electron chi connectivity index (χ4n) is 4.85. The highest BCUT2D eigenvalue weighted by molar-refractivity contribution is 7.89. The van der Waals surface area contributed by atoms with Crippen LogP contribution in [0.25, 0.3) is 0 Å². The van der Waals surface area contributed by atoms with E-state index in [1.54, 1.807) is 12.1 Å². The second-order valence-corrected chi connectivity index (χ2v) is 12.1. The summed E-state index contributed by atoms with van der Waals surface area (Å²) in [5.74, 6) is 3.52. The monoisotopic (exact) mass is 580 g/mol. The summed E-state index contributed by atoms with van der Waals surface area (Å²) in [6.45, 7) is 3.32. The number of rotatable bonds is 16. The zero-order valence-corrected chi connectivity index (χ0v) is 25.0. The summed E-state index contributed by atoms with van der Waals surface area (Å²) >= 11 is 0. The minimum atomic E-state index is -3.78. The second kappa shape index (κ2) is 15.9. The number of ether oxygens (including phenoxy) is 1. The molecule has 42 heavy (non-hydrogen) atoms. The highest BCUT2D eigenvalue weighted by Crippen LogP contribution is 2.31. The summed E-state index contributed by atoms with van der Waals surface area (Å²) in [5, 5.41) is 3.68. The van der Waals surface area contributed by atoms with Crippen LogP contribution in [0.15, 0.2) is 114 Å². The minimum absolute atomic E-state index is 0.251. The number of hydrogen-bond acceptors (Lipinski definition) is 4. The molecule has 0 heterocycles. The van der Waals surface area contributed by atoms with Gasteiger partial charge in [0.05, 0.1) is 23.6 Å². The van der Waals surface area contributed by atoms with Gasteiger partial charge in [-0.3, -0.25) is 0 Å². The van der Waals surface area contributed by atoms with Crippen LogP contribution >= 0.6 is 0 Å². The third kappa shape index (κ3) is 9.32. The lowest BCUT2D eigenvalue weighted by atomic mass is 9.94. The lowest BCUT2D eigenvalue weighted by Crippen LogP contribution is -2.39. The van der Waals surface area contributed by atoms with E-state index in [9.17, 15) is 8.42 Å². The maximum Gasteiger partial charge on any atom is 0.241 e. The average Bonchev–Trinajstić information content (AvgIpc) is 3.02. The fourth-order valence-corrected chi connectivity index (χ4v) is 6.09. The van der Waals surface area contributed by atoms with Crippen molar-refractivity contribution in [2.45, 2.75) is 56.0 Å². The Kier molecular flexibility index (Phi) is 11.8. The second-order valence-electron chi connectivity index (χ2n) is 10.4. The maximum atomic E-state index is 13.6. The van der Waals surface area contributed by atoms with Gasteiger partial charge in [-0.05, 0) is 80.1 Å². The summed E-state index contributed by atoms with van der Waals surface area (Å²) < 4.78 is 36.0. The van der Waals surface area contributed by atoms with E-state index in [1.807, 2.05) is 91.9 Å². The summed E-state index contributed by atoms with van der Waals surface area (Å²) in [6, 6.07) is 34.2. The molecule has 0 fully saturated rings. The predicted octanol–water partition coefficient (Wildman–Crippen LogP) is 7.16. The third-order valence-electron chi connectivity index (χ3n) is 7.18. The molecule has 0 bridgehead atoms. The SMILES string of the molecule is C#CCCCCOc1ccc(CCCN[C@H](c2ccccc2)[C@H](NS(=O)(=O)c2ccc(C)cc2)c2ccccc2)cc1. The van der Waals surface area contributed by atoms with Crippen molar-refractivity contribution in [3.8, 4) is 18.1 Å². The molecule has 6 heteroatoms. The average molecular weight is 581 g/mol. The van der Waals surface area contributed by atoms with Gasteiger partial charge in [0.15, 0.2) is 0 Å². The molecule has 4 rings (SSSR count). The van der Waals surface area contributed by atoms with E-state index in [1.165, 1.54) is 5.56 Å². The molecular formula is C36H40N2O3S. The van der Waals surface area contributed by atoms with Gasteiger partial charge in [0, 0.05) is 6.42 Å². The highest BCUT2D eigenvalue weighted by Gasteiger charge is 2.29. The van der Waals surface area contributed by atoms with E-state index in [0.717, 1.165) is 54.5 Å². The summed E-state index contributed by atoms with van der Waals surface area (Å²) in [5.41, 5.74) is 4.15. The lowest BCUT2D eigenvalue weighted by molar-refractivity contribution is 0.307. The Morgan fingerprint density at radius 2 is 1.38 bits per heavy atom. The molecule has 4 aromatic carbocycles. The van der Waals surface area contributed by atoms with Gasteiger partial charge in [0.1, 0.15) is 5.75 Å². The number of nitrogens with one attached hydrogen (secondary N) is 2. The van der Waals surface area contributed by atoms with Gasteiger partial charge in [-0.2, -0.15) is 0 Å². The largest absolute Gasteiger partial charge is 0.494 e. The molecular weight excluding hydrogens is 540 g/mol. The maximum absolute atomic E-state index is 13.6. The molecule has 2 N–H and O–H groups in total. The number of sulfonamides is 1. The lowest BCUT2D eigenvalue weighted by Gasteiger charge is -2.30. The van der Waals surface area contributed by atoms with Crippen molar-refractivity contribution in [1.29, 1.82) is 0 Å². The van der Waals surface area contributed by atoms with Gasteiger partial charge in [-0.25, -0.2) is 13.1 Å². The first kappa shape index (κ1) is 31.1. The van der Waals surface area contributed by atoms with E-state index in [-0.39, 0.29) is 10.9 Å². The number of aryl methyl sites for hydroxylation is 2. The normalized spacial score (nSPS) is 12.8. The smallest absolute Gasteiger partial charge is 0.241 e. The van der Waals surface area contributed by atoms with Gasteiger partial charge >= 0.3 is 0 Å². The van der Waals surface area contributed by atoms with Crippen LogP contribution in [0.3, 0.4) is 0 Å². The van der Waals surface area contributed by atoms with Crippen molar-refractivity contribution >= 4 is 10.0 Å². The molecule has 5 nitrogen and oxygen atoms in total. The Hall–Kier alpha value is -3.89. The first-order chi connectivity index (χ1) is 20.5. The Labute approximate surface area is 251 Å². The Balaban J connectivity index is 1.45. The van der Waals surface area contributed by atoms with Gasteiger partial charge < -0.3 is 10.1 Å². The molecule has 0 aliphatic carbocycles. The van der Waals surface area contributed by atoms with Crippen LogP contribution in [-0.4, -0.2) is 21.6 Å². The van der Waals surface area contributed by atoms with Crippen molar-refractivity contribution in [2.24, 2.45) is 0 Å². The summed E-state index contributed by atoms with van der Waals surface area (Å²) in [4.78, 5) is 0.251. The zero-order chi connectivity index (χ0) is 29.6. The van der Waals surface area contributed by atoms with E-state index in [4.69, 9.17) is 11.2 Å². The zero-order valence-electron chi connectivity index (χ0n) is 24.2. The molecule has 2 atom stereocenters. The van der Waals surface area contributed by atoms with E-state index >= 15 is 0 Å².